The molecule has 2 heterocycles. The van der Waals surface area contributed by atoms with Crippen molar-refractivity contribution >= 4 is 17.5 Å². The second kappa shape index (κ2) is 5.66. The van der Waals surface area contributed by atoms with Gasteiger partial charge in [-0.25, -0.2) is 0 Å². The molecule has 0 spiro atoms. The Bertz CT molecular complexity index is 631. The Balaban J connectivity index is 2.02. The smallest absolute Gasteiger partial charge is 0.244 e. The van der Waals surface area contributed by atoms with Crippen LogP contribution in [-0.4, -0.2) is 37.4 Å². The summed E-state index contributed by atoms with van der Waals surface area (Å²) >= 11 is 5.93. The van der Waals surface area contributed by atoms with E-state index in [0.29, 0.717) is 11.6 Å². The number of aryl methyl sites for hydroxylation is 1. The maximum absolute atomic E-state index is 12.2. The number of amides is 1. The standard InChI is InChI=1S/C13H18ClN5O/c1-9-11(5-15-18(9)4)7-17(3)13(20)8-19-10(2)12(14)6-16-19/h5-6H,7-8H2,1-4H3. The van der Waals surface area contributed by atoms with Gasteiger partial charge < -0.3 is 4.90 Å². The Kier molecular flexibility index (Phi) is 4.13. The minimum Gasteiger partial charge on any atom is -0.340 e. The zero-order valence-electron chi connectivity index (χ0n) is 12.1. The van der Waals surface area contributed by atoms with E-state index in [1.165, 1.54) is 0 Å². The summed E-state index contributed by atoms with van der Waals surface area (Å²) in [6.07, 6.45) is 3.34. The Morgan fingerprint density at radius 3 is 2.50 bits per heavy atom. The molecule has 0 radical (unpaired) electrons. The quantitative estimate of drug-likeness (QED) is 0.860. The molecule has 0 bridgehead atoms. The topological polar surface area (TPSA) is 56.0 Å². The number of nitrogens with zero attached hydrogens (tertiary/aromatic N) is 5. The number of hydrogen-bond acceptors (Lipinski definition) is 3. The molecule has 0 aromatic carbocycles. The Labute approximate surface area is 122 Å². The van der Waals surface area contributed by atoms with Gasteiger partial charge in [0.25, 0.3) is 0 Å². The lowest BCUT2D eigenvalue weighted by Crippen LogP contribution is -2.30. The Morgan fingerprint density at radius 1 is 1.30 bits per heavy atom. The van der Waals surface area contributed by atoms with E-state index in [4.69, 9.17) is 11.6 Å². The van der Waals surface area contributed by atoms with Crippen LogP contribution in [-0.2, 0) is 24.9 Å². The average molecular weight is 296 g/mol. The van der Waals surface area contributed by atoms with Gasteiger partial charge in [0, 0.05) is 31.9 Å². The maximum atomic E-state index is 12.2. The molecule has 0 saturated carbocycles. The summed E-state index contributed by atoms with van der Waals surface area (Å²) in [7, 11) is 3.66. The summed E-state index contributed by atoms with van der Waals surface area (Å²) in [6.45, 7) is 4.55. The third-order valence-corrected chi connectivity index (χ3v) is 3.87. The molecule has 0 fully saturated rings. The minimum absolute atomic E-state index is 0.0175. The van der Waals surface area contributed by atoms with E-state index >= 15 is 0 Å². The van der Waals surface area contributed by atoms with Gasteiger partial charge in [0.05, 0.1) is 23.1 Å². The molecule has 0 aliphatic rings. The highest BCUT2D eigenvalue weighted by Crippen LogP contribution is 2.14. The first kappa shape index (κ1) is 14.6. The summed E-state index contributed by atoms with van der Waals surface area (Å²) < 4.78 is 3.41. The third-order valence-electron chi connectivity index (χ3n) is 3.50. The number of carbonyl (C=O) groups excluding carboxylic acids is 1. The monoisotopic (exact) mass is 295 g/mol. The van der Waals surface area contributed by atoms with Gasteiger partial charge in [0.1, 0.15) is 6.54 Å². The van der Waals surface area contributed by atoms with Crippen LogP contribution in [0.4, 0.5) is 0 Å². The number of rotatable bonds is 4. The molecule has 2 rings (SSSR count). The van der Waals surface area contributed by atoms with E-state index < -0.39 is 0 Å². The van der Waals surface area contributed by atoms with Crippen molar-refractivity contribution in [2.24, 2.45) is 7.05 Å². The normalized spacial score (nSPS) is 10.8. The van der Waals surface area contributed by atoms with E-state index in [9.17, 15) is 4.79 Å². The fourth-order valence-electron chi connectivity index (χ4n) is 1.88. The van der Waals surface area contributed by atoms with Crippen molar-refractivity contribution in [3.05, 3.63) is 34.4 Å². The zero-order valence-corrected chi connectivity index (χ0v) is 12.8. The molecule has 2 aromatic heterocycles. The van der Waals surface area contributed by atoms with Gasteiger partial charge >= 0.3 is 0 Å². The predicted molar refractivity (Wildman–Crippen MR) is 76.4 cm³/mol. The molecule has 1 amide bonds. The molecular weight excluding hydrogens is 278 g/mol. The SMILES string of the molecule is Cc1c(CN(C)C(=O)Cn2ncc(Cl)c2C)cnn1C. The second-order valence-electron chi connectivity index (χ2n) is 4.86. The van der Waals surface area contributed by atoms with Crippen LogP contribution in [0.2, 0.25) is 5.02 Å². The van der Waals surface area contributed by atoms with Crippen molar-refractivity contribution in [2.75, 3.05) is 7.05 Å². The molecule has 0 aliphatic heterocycles. The van der Waals surface area contributed by atoms with Gasteiger partial charge in [-0.3, -0.25) is 14.2 Å². The first-order valence-corrected chi connectivity index (χ1v) is 6.67. The summed E-state index contributed by atoms with van der Waals surface area (Å²) in [5, 5.41) is 8.83. The fourth-order valence-corrected chi connectivity index (χ4v) is 2.02. The predicted octanol–water partition coefficient (Wildman–Crippen LogP) is 1.55. The van der Waals surface area contributed by atoms with E-state index in [2.05, 4.69) is 10.2 Å². The van der Waals surface area contributed by atoms with Crippen molar-refractivity contribution in [3.8, 4) is 0 Å². The van der Waals surface area contributed by atoms with Gasteiger partial charge in [-0.1, -0.05) is 11.6 Å². The first-order valence-electron chi connectivity index (χ1n) is 6.29. The Morgan fingerprint density at radius 2 is 2.00 bits per heavy atom. The van der Waals surface area contributed by atoms with Crippen LogP contribution in [0.1, 0.15) is 17.0 Å². The highest BCUT2D eigenvalue weighted by molar-refractivity contribution is 6.31. The molecule has 0 N–H and O–H groups in total. The van der Waals surface area contributed by atoms with Crippen molar-refractivity contribution in [3.63, 3.8) is 0 Å². The second-order valence-corrected chi connectivity index (χ2v) is 5.27. The van der Waals surface area contributed by atoms with Gasteiger partial charge in [-0.15, -0.1) is 0 Å². The fraction of sp³-hybridized carbons (Fsp3) is 0.462. The van der Waals surface area contributed by atoms with E-state index in [1.54, 1.807) is 33.7 Å². The van der Waals surface area contributed by atoms with Crippen molar-refractivity contribution in [1.29, 1.82) is 0 Å². The highest BCUT2D eigenvalue weighted by Gasteiger charge is 2.15. The molecule has 108 valence electrons. The van der Waals surface area contributed by atoms with Gasteiger partial charge in [-0.2, -0.15) is 10.2 Å². The van der Waals surface area contributed by atoms with Crippen molar-refractivity contribution in [2.45, 2.75) is 26.9 Å². The lowest BCUT2D eigenvalue weighted by atomic mass is 10.2. The molecule has 7 heteroatoms. The van der Waals surface area contributed by atoms with Gasteiger partial charge in [0.2, 0.25) is 5.91 Å². The average Bonchev–Trinajstić information content (AvgIpc) is 2.89. The summed E-state index contributed by atoms with van der Waals surface area (Å²) in [4.78, 5) is 13.9. The molecule has 0 atom stereocenters. The van der Waals surface area contributed by atoms with Crippen LogP contribution in [0.3, 0.4) is 0 Å². The van der Waals surface area contributed by atoms with E-state index in [-0.39, 0.29) is 12.5 Å². The highest BCUT2D eigenvalue weighted by atomic mass is 35.5. The van der Waals surface area contributed by atoms with Crippen molar-refractivity contribution in [1.82, 2.24) is 24.5 Å². The van der Waals surface area contributed by atoms with Gasteiger partial charge in [-0.05, 0) is 13.8 Å². The summed E-state index contributed by atoms with van der Waals surface area (Å²) in [6, 6.07) is 0. The summed E-state index contributed by atoms with van der Waals surface area (Å²) in [5.74, 6) is -0.0175. The van der Waals surface area contributed by atoms with E-state index in [1.807, 2.05) is 20.9 Å². The number of likely N-dealkylation sites (N-methyl/N-ethyl adjacent to an activating group) is 1. The van der Waals surface area contributed by atoms with E-state index in [0.717, 1.165) is 17.0 Å². The first-order chi connectivity index (χ1) is 9.40. The number of aromatic nitrogens is 4. The molecule has 2 aromatic rings. The zero-order chi connectivity index (χ0) is 14.9. The Hall–Kier alpha value is -1.82. The molecule has 0 saturated heterocycles. The lowest BCUT2D eigenvalue weighted by molar-refractivity contribution is -0.131. The largest absolute Gasteiger partial charge is 0.340 e. The molecule has 0 aliphatic carbocycles. The maximum Gasteiger partial charge on any atom is 0.244 e. The van der Waals surface area contributed by atoms with Crippen LogP contribution >= 0.6 is 11.6 Å². The number of carbonyl (C=O) groups is 1. The minimum atomic E-state index is -0.0175. The lowest BCUT2D eigenvalue weighted by Gasteiger charge is -2.17. The summed E-state index contributed by atoms with van der Waals surface area (Å²) in [5.41, 5.74) is 2.90. The van der Waals surface area contributed by atoms with Crippen LogP contribution in [0.5, 0.6) is 0 Å². The third kappa shape index (κ3) is 2.85. The molecule has 6 nitrogen and oxygen atoms in total. The molecular formula is C13H18ClN5O. The van der Waals surface area contributed by atoms with Crippen LogP contribution in [0.15, 0.2) is 12.4 Å². The molecule has 20 heavy (non-hydrogen) atoms. The van der Waals surface area contributed by atoms with Gasteiger partial charge in [0.15, 0.2) is 0 Å². The van der Waals surface area contributed by atoms with Crippen molar-refractivity contribution < 1.29 is 4.79 Å². The molecule has 0 unspecified atom stereocenters. The number of hydrogen-bond donors (Lipinski definition) is 0. The number of halogens is 1. The van der Waals surface area contributed by atoms with Crippen LogP contribution < -0.4 is 0 Å². The van der Waals surface area contributed by atoms with Crippen LogP contribution in [0, 0.1) is 13.8 Å². The van der Waals surface area contributed by atoms with Crippen LogP contribution in [0.25, 0.3) is 0 Å².